The predicted molar refractivity (Wildman–Crippen MR) is 67.5 cm³/mol. The number of aldehydes is 1. The number of fused-ring (bicyclic) bond motifs is 1. The molecule has 88 valence electrons. The summed E-state index contributed by atoms with van der Waals surface area (Å²) >= 11 is 2.00. The van der Waals surface area contributed by atoms with E-state index in [2.05, 4.69) is 10.1 Å². The minimum Gasteiger partial charge on any atom is -0.298 e. The maximum atomic E-state index is 10.9. The molecule has 2 aromatic rings. The van der Waals surface area contributed by atoms with Gasteiger partial charge in [0.2, 0.25) is 0 Å². The monoisotopic (exact) mass is 247 g/mol. The highest BCUT2D eigenvalue weighted by Crippen LogP contribution is 2.25. The van der Waals surface area contributed by atoms with Crippen LogP contribution in [0.25, 0.3) is 5.65 Å². The van der Waals surface area contributed by atoms with E-state index in [1.807, 2.05) is 24.0 Å². The standard InChI is InChI=1S/C12H13N3OS/c16-7-10-2-1-4-15-12(10)13-11(14-15)6-9-3-5-17-8-9/h1-2,4,7,9H,3,5-6,8H2. The lowest BCUT2D eigenvalue weighted by atomic mass is 10.1. The van der Waals surface area contributed by atoms with Crippen molar-refractivity contribution in [2.24, 2.45) is 5.92 Å². The first-order valence-corrected chi connectivity index (χ1v) is 6.89. The van der Waals surface area contributed by atoms with Gasteiger partial charge >= 0.3 is 0 Å². The normalized spacial score (nSPS) is 19.9. The molecule has 1 aliphatic rings. The van der Waals surface area contributed by atoms with Gasteiger partial charge in [0.15, 0.2) is 17.8 Å². The third-order valence-corrected chi connectivity index (χ3v) is 4.29. The number of nitrogens with zero attached hydrogens (tertiary/aromatic N) is 3. The Morgan fingerprint density at radius 2 is 2.53 bits per heavy atom. The summed E-state index contributed by atoms with van der Waals surface area (Å²) in [5.41, 5.74) is 1.27. The highest BCUT2D eigenvalue weighted by molar-refractivity contribution is 7.99. The SMILES string of the molecule is O=Cc1cccn2nc(CC3CCSC3)nc12. The highest BCUT2D eigenvalue weighted by Gasteiger charge is 2.18. The largest absolute Gasteiger partial charge is 0.298 e. The minimum atomic E-state index is 0.604. The molecular weight excluding hydrogens is 234 g/mol. The van der Waals surface area contributed by atoms with E-state index < -0.39 is 0 Å². The molecule has 0 aromatic carbocycles. The molecule has 3 heterocycles. The molecule has 5 heteroatoms. The molecule has 0 amide bonds. The van der Waals surface area contributed by atoms with Crippen molar-refractivity contribution in [1.82, 2.24) is 14.6 Å². The Bertz CT molecular complexity index is 546. The lowest BCUT2D eigenvalue weighted by Gasteiger charge is -2.02. The quantitative estimate of drug-likeness (QED) is 0.776. The first kappa shape index (κ1) is 10.8. The molecule has 0 N–H and O–H groups in total. The summed E-state index contributed by atoms with van der Waals surface area (Å²) in [7, 11) is 0. The molecule has 0 saturated carbocycles. The van der Waals surface area contributed by atoms with Gasteiger partial charge in [-0.2, -0.15) is 16.9 Å². The summed E-state index contributed by atoms with van der Waals surface area (Å²) in [4.78, 5) is 15.3. The van der Waals surface area contributed by atoms with Crippen LogP contribution in [0.1, 0.15) is 22.6 Å². The summed E-state index contributed by atoms with van der Waals surface area (Å²) < 4.78 is 1.70. The molecule has 0 aliphatic carbocycles. The van der Waals surface area contributed by atoms with Gasteiger partial charge in [-0.3, -0.25) is 4.79 Å². The zero-order valence-corrected chi connectivity index (χ0v) is 10.2. The van der Waals surface area contributed by atoms with Crippen LogP contribution in [0.3, 0.4) is 0 Å². The van der Waals surface area contributed by atoms with Crippen molar-refractivity contribution in [2.75, 3.05) is 11.5 Å². The Morgan fingerprint density at radius 1 is 1.59 bits per heavy atom. The number of pyridine rings is 1. The van der Waals surface area contributed by atoms with E-state index in [1.54, 1.807) is 10.6 Å². The Morgan fingerprint density at radius 3 is 3.29 bits per heavy atom. The molecular formula is C12H13N3OS. The molecule has 2 aromatic heterocycles. The number of thioether (sulfide) groups is 1. The van der Waals surface area contributed by atoms with E-state index in [0.717, 1.165) is 18.5 Å². The molecule has 1 aliphatic heterocycles. The molecule has 0 spiro atoms. The van der Waals surface area contributed by atoms with Crippen LogP contribution in [0, 0.1) is 5.92 Å². The second kappa shape index (κ2) is 4.49. The van der Waals surface area contributed by atoms with E-state index in [1.165, 1.54) is 17.9 Å². The molecule has 1 unspecified atom stereocenters. The summed E-state index contributed by atoms with van der Waals surface area (Å²) in [6.45, 7) is 0. The van der Waals surface area contributed by atoms with Crippen molar-refractivity contribution in [3.63, 3.8) is 0 Å². The number of hydrogen-bond acceptors (Lipinski definition) is 4. The molecule has 1 atom stereocenters. The lowest BCUT2D eigenvalue weighted by Crippen LogP contribution is -2.04. The average molecular weight is 247 g/mol. The highest BCUT2D eigenvalue weighted by atomic mass is 32.2. The van der Waals surface area contributed by atoms with Crippen LogP contribution >= 0.6 is 11.8 Å². The van der Waals surface area contributed by atoms with Crippen LogP contribution < -0.4 is 0 Å². The van der Waals surface area contributed by atoms with Crippen LogP contribution in [0.2, 0.25) is 0 Å². The molecule has 0 radical (unpaired) electrons. The summed E-state index contributed by atoms with van der Waals surface area (Å²) in [6, 6.07) is 3.59. The van der Waals surface area contributed by atoms with Crippen LogP contribution in [-0.4, -0.2) is 32.4 Å². The zero-order valence-electron chi connectivity index (χ0n) is 9.37. The second-order valence-electron chi connectivity index (χ2n) is 4.31. The topological polar surface area (TPSA) is 47.3 Å². The fourth-order valence-corrected chi connectivity index (χ4v) is 3.44. The Labute approximate surface area is 103 Å². The van der Waals surface area contributed by atoms with E-state index in [0.29, 0.717) is 17.1 Å². The van der Waals surface area contributed by atoms with E-state index >= 15 is 0 Å². The van der Waals surface area contributed by atoms with E-state index in [4.69, 9.17) is 0 Å². The van der Waals surface area contributed by atoms with Crippen LogP contribution in [0.15, 0.2) is 18.3 Å². The summed E-state index contributed by atoms with van der Waals surface area (Å²) in [5, 5.41) is 4.42. The molecule has 1 fully saturated rings. The number of carbonyl (C=O) groups excluding carboxylic acids is 1. The Balaban J connectivity index is 1.92. The maximum Gasteiger partial charge on any atom is 0.166 e. The van der Waals surface area contributed by atoms with Gasteiger partial charge in [-0.15, -0.1) is 0 Å². The summed E-state index contributed by atoms with van der Waals surface area (Å²) in [5.74, 6) is 4.00. The van der Waals surface area contributed by atoms with Gasteiger partial charge in [0.25, 0.3) is 0 Å². The number of rotatable bonds is 3. The van der Waals surface area contributed by atoms with Crippen molar-refractivity contribution in [1.29, 1.82) is 0 Å². The third-order valence-electron chi connectivity index (χ3n) is 3.06. The molecule has 3 rings (SSSR count). The van der Waals surface area contributed by atoms with E-state index in [9.17, 15) is 4.79 Å². The molecule has 1 saturated heterocycles. The fraction of sp³-hybridized carbons (Fsp3) is 0.417. The van der Waals surface area contributed by atoms with Gasteiger partial charge in [-0.25, -0.2) is 9.50 Å². The number of hydrogen-bond donors (Lipinski definition) is 0. The fourth-order valence-electron chi connectivity index (χ4n) is 2.15. The zero-order chi connectivity index (χ0) is 11.7. The van der Waals surface area contributed by atoms with Gasteiger partial charge in [0.1, 0.15) is 0 Å². The van der Waals surface area contributed by atoms with Gasteiger partial charge in [0.05, 0.1) is 5.56 Å². The molecule has 17 heavy (non-hydrogen) atoms. The van der Waals surface area contributed by atoms with Gasteiger partial charge in [0, 0.05) is 12.6 Å². The molecule has 0 bridgehead atoms. The van der Waals surface area contributed by atoms with Gasteiger partial charge in [-0.1, -0.05) is 0 Å². The first-order chi connectivity index (χ1) is 8.36. The second-order valence-corrected chi connectivity index (χ2v) is 5.46. The van der Waals surface area contributed by atoms with Crippen LogP contribution in [0.5, 0.6) is 0 Å². The average Bonchev–Trinajstić information content (AvgIpc) is 2.97. The summed E-state index contributed by atoms with van der Waals surface area (Å²) in [6.07, 6.45) is 4.84. The molecule has 4 nitrogen and oxygen atoms in total. The number of carbonyl (C=O) groups is 1. The van der Waals surface area contributed by atoms with Crippen LogP contribution in [0.4, 0.5) is 0 Å². The van der Waals surface area contributed by atoms with Crippen LogP contribution in [-0.2, 0) is 6.42 Å². The van der Waals surface area contributed by atoms with E-state index in [-0.39, 0.29) is 0 Å². The minimum absolute atomic E-state index is 0.604. The van der Waals surface area contributed by atoms with Crippen molar-refractivity contribution >= 4 is 23.7 Å². The Hall–Kier alpha value is -1.36. The number of aromatic nitrogens is 3. The van der Waals surface area contributed by atoms with Gasteiger partial charge in [-0.05, 0) is 36.0 Å². The van der Waals surface area contributed by atoms with Crippen molar-refractivity contribution in [3.8, 4) is 0 Å². The van der Waals surface area contributed by atoms with Crippen molar-refractivity contribution in [3.05, 3.63) is 29.7 Å². The van der Waals surface area contributed by atoms with Crippen molar-refractivity contribution in [2.45, 2.75) is 12.8 Å². The predicted octanol–water partition coefficient (Wildman–Crippen LogP) is 1.84. The first-order valence-electron chi connectivity index (χ1n) is 5.74. The Kier molecular flexibility index (Phi) is 2.84. The maximum absolute atomic E-state index is 10.9. The third kappa shape index (κ3) is 2.07. The smallest absolute Gasteiger partial charge is 0.166 e. The van der Waals surface area contributed by atoms with Crippen molar-refractivity contribution < 1.29 is 4.79 Å². The van der Waals surface area contributed by atoms with Gasteiger partial charge < -0.3 is 0 Å². The lowest BCUT2D eigenvalue weighted by molar-refractivity contribution is 0.112.